The minimum atomic E-state index is -0.0230. The lowest BCUT2D eigenvalue weighted by molar-refractivity contribution is -0.127. The number of likely N-dealkylation sites (N-methyl/N-ethyl adjacent to an activating group) is 1. The first-order valence-corrected chi connectivity index (χ1v) is 7.51. The molecule has 1 saturated heterocycles. The second kappa shape index (κ2) is 10.4. The molecule has 0 aromatic heterocycles. The van der Waals surface area contributed by atoms with E-state index in [4.69, 9.17) is 9.47 Å². The highest BCUT2D eigenvalue weighted by atomic mass is 16.5. The van der Waals surface area contributed by atoms with Gasteiger partial charge in [0.2, 0.25) is 5.91 Å². The summed E-state index contributed by atoms with van der Waals surface area (Å²) >= 11 is 0. The van der Waals surface area contributed by atoms with Crippen molar-refractivity contribution >= 4 is 11.9 Å². The van der Waals surface area contributed by atoms with Crippen LogP contribution in [0, 0.1) is 5.92 Å². The zero-order valence-electron chi connectivity index (χ0n) is 13.4. The zero-order chi connectivity index (χ0) is 15.5. The van der Waals surface area contributed by atoms with Crippen molar-refractivity contribution < 1.29 is 14.3 Å². The standard InChI is InChI=1S/C14H28N4O3/c1-4-20-8-6-15-14(17-10-13(19)18(2)3)16-9-12-5-7-21-11-12/h12H,4-11H2,1-3H3,(H2,15,16,17). The number of amides is 1. The van der Waals surface area contributed by atoms with Crippen LogP contribution in [0.25, 0.3) is 0 Å². The van der Waals surface area contributed by atoms with Gasteiger partial charge in [0.25, 0.3) is 0 Å². The molecule has 2 N–H and O–H groups in total. The normalized spacial score (nSPS) is 18.6. The Labute approximate surface area is 127 Å². The molecule has 1 aliphatic rings. The van der Waals surface area contributed by atoms with Crippen LogP contribution in [0.2, 0.25) is 0 Å². The molecule has 1 aliphatic heterocycles. The highest BCUT2D eigenvalue weighted by molar-refractivity contribution is 5.84. The molecule has 7 heteroatoms. The number of nitrogens with one attached hydrogen (secondary N) is 2. The predicted octanol–water partition coefficient (Wildman–Crippen LogP) is -0.317. The molecule has 7 nitrogen and oxygen atoms in total. The molecular formula is C14H28N4O3. The van der Waals surface area contributed by atoms with Crippen molar-refractivity contribution in [3.63, 3.8) is 0 Å². The Kier molecular flexibility index (Phi) is 8.77. The van der Waals surface area contributed by atoms with E-state index >= 15 is 0 Å². The summed E-state index contributed by atoms with van der Waals surface area (Å²) in [5, 5.41) is 6.44. The van der Waals surface area contributed by atoms with Crippen LogP contribution in [-0.2, 0) is 14.3 Å². The average Bonchev–Trinajstić information content (AvgIpc) is 2.98. The fraction of sp³-hybridized carbons (Fsp3) is 0.857. The minimum absolute atomic E-state index is 0.0230. The highest BCUT2D eigenvalue weighted by Gasteiger charge is 2.15. The van der Waals surface area contributed by atoms with Crippen molar-refractivity contribution in [3.8, 4) is 0 Å². The number of carbonyl (C=O) groups excluding carboxylic acids is 1. The highest BCUT2D eigenvalue weighted by Crippen LogP contribution is 2.10. The topological polar surface area (TPSA) is 75.2 Å². The van der Waals surface area contributed by atoms with Crippen molar-refractivity contribution in [2.75, 3.05) is 60.2 Å². The summed E-state index contributed by atoms with van der Waals surface area (Å²) in [5.74, 6) is 1.13. The number of ether oxygens (including phenoxy) is 2. The fourth-order valence-corrected chi connectivity index (χ4v) is 1.83. The van der Waals surface area contributed by atoms with Gasteiger partial charge in [-0.15, -0.1) is 0 Å². The Bertz CT molecular complexity index is 328. The molecular weight excluding hydrogens is 272 g/mol. The summed E-state index contributed by atoms with van der Waals surface area (Å²) in [6.45, 7) is 6.49. The van der Waals surface area contributed by atoms with Gasteiger partial charge in [-0.2, -0.15) is 0 Å². The van der Waals surface area contributed by atoms with Gasteiger partial charge in [-0.05, 0) is 13.3 Å². The Morgan fingerprint density at radius 3 is 2.86 bits per heavy atom. The summed E-state index contributed by atoms with van der Waals surface area (Å²) in [6, 6.07) is 0. The van der Waals surface area contributed by atoms with Crippen LogP contribution < -0.4 is 10.6 Å². The van der Waals surface area contributed by atoms with Gasteiger partial charge in [-0.1, -0.05) is 0 Å². The molecule has 122 valence electrons. The van der Waals surface area contributed by atoms with E-state index in [1.54, 1.807) is 14.1 Å². The molecule has 1 fully saturated rings. The molecule has 1 amide bonds. The van der Waals surface area contributed by atoms with E-state index in [-0.39, 0.29) is 12.5 Å². The van der Waals surface area contributed by atoms with Gasteiger partial charge in [0.15, 0.2) is 5.96 Å². The summed E-state index contributed by atoms with van der Waals surface area (Å²) in [7, 11) is 3.45. The molecule has 1 atom stereocenters. The fourth-order valence-electron chi connectivity index (χ4n) is 1.83. The number of rotatable bonds is 8. The molecule has 1 heterocycles. The third-order valence-electron chi connectivity index (χ3n) is 3.20. The molecule has 0 radical (unpaired) electrons. The monoisotopic (exact) mass is 300 g/mol. The Morgan fingerprint density at radius 1 is 1.43 bits per heavy atom. The Morgan fingerprint density at radius 2 is 2.24 bits per heavy atom. The summed E-state index contributed by atoms with van der Waals surface area (Å²) in [5.41, 5.74) is 0. The molecule has 0 bridgehead atoms. The van der Waals surface area contributed by atoms with Crippen LogP contribution in [0.1, 0.15) is 13.3 Å². The smallest absolute Gasteiger partial charge is 0.243 e. The molecule has 0 saturated carbocycles. The van der Waals surface area contributed by atoms with E-state index in [9.17, 15) is 4.79 Å². The molecule has 0 aromatic carbocycles. The van der Waals surface area contributed by atoms with Crippen LogP contribution in [-0.4, -0.2) is 76.9 Å². The summed E-state index contributed by atoms with van der Waals surface area (Å²) in [6.07, 6.45) is 1.07. The van der Waals surface area contributed by atoms with Gasteiger partial charge >= 0.3 is 0 Å². The van der Waals surface area contributed by atoms with E-state index in [0.29, 0.717) is 31.6 Å². The zero-order valence-corrected chi connectivity index (χ0v) is 13.4. The van der Waals surface area contributed by atoms with Crippen molar-refractivity contribution in [2.45, 2.75) is 13.3 Å². The van der Waals surface area contributed by atoms with E-state index < -0.39 is 0 Å². The molecule has 0 aliphatic carbocycles. The van der Waals surface area contributed by atoms with Crippen molar-refractivity contribution in [1.29, 1.82) is 0 Å². The van der Waals surface area contributed by atoms with Crippen molar-refractivity contribution in [2.24, 2.45) is 10.9 Å². The van der Waals surface area contributed by atoms with Gasteiger partial charge in [0.05, 0.1) is 13.2 Å². The second-order valence-electron chi connectivity index (χ2n) is 5.19. The molecule has 0 spiro atoms. The number of guanidine groups is 1. The molecule has 1 rings (SSSR count). The first-order valence-electron chi connectivity index (χ1n) is 7.51. The van der Waals surface area contributed by atoms with E-state index in [2.05, 4.69) is 15.6 Å². The summed E-state index contributed by atoms with van der Waals surface area (Å²) in [4.78, 5) is 17.4. The molecule has 1 unspecified atom stereocenters. The first kappa shape index (κ1) is 17.7. The van der Waals surface area contributed by atoms with E-state index in [0.717, 1.165) is 26.2 Å². The lowest BCUT2D eigenvalue weighted by atomic mass is 10.1. The Hall–Kier alpha value is -1.34. The number of aliphatic imine (C=N–C) groups is 1. The van der Waals surface area contributed by atoms with Crippen LogP contribution in [0.15, 0.2) is 4.99 Å². The maximum absolute atomic E-state index is 11.6. The largest absolute Gasteiger partial charge is 0.381 e. The maximum atomic E-state index is 11.6. The van der Waals surface area contributed by atoms with Crippen LogP contribution in [0.4, 0.5) is 0 Å². The third kappa shape index (κ3) is 7.87. The van der Waals surface area contributed by atoms with Gasteiger partial charge in [-0.25, -0.2) is 4.99 Å². The van der Waals surface area contributed by atoms with E-state index in [1.807, 2.05) is 6.92 Å². The van der Waals surface area contributed by atoms with Gasteiger partial charge in [0.1, 0.15) is 6.54 Å². The van der Waals surface area contributed by atoms with Gasteiger partial charge < -0.3 is 25.0 Å². The molecule has 0 aromatic rings. The predicted molar refractivity (Wildman–Crippen MR) is 82.4 cm³/mol. The van der Waals surface area contributed by atoms with Crippen LogP contribution in [0.5, 0.6) is 0 Å². The summed E-state index contributed by atoms with van der Waals surface area (Å²) < 4.78 is 10.6. The van der Waals surface area contributed by atoms with Gasteiger partial charge in [-0.3, -0.25) is 4.79 Å². The lowest BCUT2D eigenvalue weighted by Crippen LogP contribution is -2.42. The Balaban J connectivity index is 2.39. The number of carbonyl (C=O) groups is 1. The van der Waals surface area contributed by atoms with Crippen LogP contribution in [0.3, 0.4) is 0 Å². The van der Waals surface area contributed by atoms with Crippen molar-refractivity contribution in [1.82, 2.24) is 15.5 Å². The van der Waals surface area contributed by atoms with E-state index in [1.165, 1.54) is 4.90 Å². The maximum Gasteiger partial charge on any atom is 0.243 e. The number of nitrogens with zero attached hydrogens (tertiary/aromatic N) is 2. The molecule has 21 heavy (non-hydrogen) atoms. The SMILES string of the molecule is CCOCCNC(=NCC(=O)N(C)C)NCC1CCOC1. The average molecular weight is 300 g/mol. The third-order valence-corrected chi connectivity index (χ3v) is 3.20. The van der Waals surface area contributed by atoms with Crippen molar-refractivity contribution in [3.05, 3.63) is 0 Å². The minimum Gasteiger partial charge on any atom is -0.381 e. The number of hydrogen-bond acceptors (Lipinski definition) is 4. The quantitative estimate of drug-likeness (QED) is 0.365. The van der Waals surface area contributed by atoms with Crippen LogP contribution >= 0.6 is 0 Å². The lowest BCUT2D eigenvalue weighted by Gasteiger charge is -2.15. The number of hydrogen-bond donors (Lipinski definition) is 2. The first-order chi connectivity index (χ1) is 10.1. The van der Waals surface area contributed by atoms with Gasteiger partial charge in [0, 0.05) is 46.3 Å². The second-order valence-corrected chi connectivity index (χ2v) is 5.19.